The molecule has 0 amide bonds. The monoisotopic (exact) mass is 320 g/mol. The van der Waals surface area contributed by atoms with Crippen molar-refractivity contribution in [2.24, 2.45) is 0 Å². The summed E-state index contributed by atoms with van der Waals surface area (Å²) in [6.07, 6.45) is 0. The summed E-state index contributed by atoms with van der Waals surface area (Å²) in [5, 5.41) is 0. The first-order chi connectivity index (χ1) is 11.1. The molecule has 0 saturated carbocycles. The minimum atomic E-state index is -0.595. The molecule has 2 aromatic rings. The summed E-state index contributed by atoms with van der Waals surface area (Å²) in [5.41, 5.74) is 0.308. The van der Waals surface area contributed by atoms with Crippen molar-refractivity contribution in [3.63, 3.8) is 0 Å². The molecular formula is C16H16O7. The lowest BCUT2D eigenvalue weighted by Crippen LogP contribution is -2.05. The van der Waals surface area contributed by atoms with Crippen LogP contribution in [-0.2, 0) is 16.1 Å². The third kappa shape index (κ3) is 3.82. The number of methoxy groups -OCH3 is 3. The fourth-order valence-corrected chi connectivity index (χ4v) is 1.85. The molecule has 7 heteroatoms. The van der Waals surface area contributed by atoms with Crippen LogP contribution in [0.3, 0.4) is 0 Å². The summed E-state index contributed by atoms with van der Waals surface area (Å²) in [6.45, 7) is -0.107. The average Bonchev–Trinajstić information content (AvgIpc) is 3.07. The van der Waals surface area contributed by atoms with Crippen LogP contribution in [0.4, 0.5) is 0 Å². The van der Waals surface area contributed by atoms with Crippen LogP contribution < -0.4 is 9.47 Å². The number of benzene rings is 1. The number of hydrogen-bond donors (Lipinski definition) is 0. The van der Waals surface area contributed by atoms with E-state index in [1.807, 2.05) is 0 Å². The Hall–Kier alpha value is -2.96. The van der Waals surface area contributed by atoms with Gasteiger partial charge in [-0.25, -0.2) is 9.59 Å². The highest BCUT2D eigenvalue weighted by molar-refractivity contribution is 5.90. The Bertz CT molecular complexity index is 702. The molecule has 0 unspecified atom stereocenters. The molecule has 0 bridgehead atoms. The van der Waals surface area contributed by atoms with Gasteiger partial charge in [-0.1, -0.05) is 0 Å². The minimum absolute atomic E-state index is 0.0460. The summed E-state index contributed by atoms with van der Waals surface area (Å²) in [6, 6.07) is 7.67. The smallest absolute Gasteiger partial charge is 0.373 e. The molecule has 23 heavy (non-hydrogen) atoms. The maximum atomic E-state index is 12.0. The van der Waals surface area contributed by atoms with Crippen molar-refractivity contribution in [1.29, 1.82) is 0 Å². The van der Waals surface area contributed by atoms with Crippen molar-refractivity contribution in [3.8, 4) is 11.5 Å². The molecule has 0 N–H and O–H groups in total. The van der Waals surface area contributed by atoms with E-state index in [2.05, 4.69) is 4.74 Å². The molecule has 0 aliphatic carbocycles. The van der Waals surface area contributed by atoms with Gasteiger partial charge in [-0.2, -0.15) is 0 Å². The van der Waals surface area contributed by atoms with Crippen molar-refractivity contribution in [1.82, 2.24) is 0 Å². The molecule has 0 atom stereocenters. The molecule has 0 saturated heterocycles. The predicted molar refractivity (Wildman–Crippen MR) is 78.7 cm³/mol. The number of rotatable bonds is 6. The molecule has 0 aliphatic heterocycles. The number of carbonyl (C=O) groups is 2. The van der Waals surface area contributed by atoms with E-state index in [0.29, 0.717) is 22.8 Å². The molecule has 7 nitrogen and oxygen atoms in total. The van der Waals surface area contributed by atoms with Gasteiger partial charge in [-0.05, 0) is 30.3 Å². The lowest BCUT2D eigenvalue weighted by molar-refractivity contribution is 0.0438. The molecular weight excluding hydrogens is 304 g/mol. The van der Waals surface area contributed by atoms with Crippen LogP contribution in [-0.4, -0.2) is 33.3 Å². The summed E-state index contributed by atoms with van der Waals surface area (Å²) in [5.74, 6) is 0.166. The number of ether oxygens (including phenoxy) is 4. The van der Waals surface area contributed by atoms with Gasteiger partial charge in [0, 0.05) is 0 Å². The number of hydrogen-bond acceptors (Lipinski definition) is 7. The standard InChI is InChI=1S/C16H16O7/c1-19-12-6-4-10(8-14(12)20-2)15(17)22-9-11-5-7-13(23-11)16(18)21-3/h4-8H,9H2,1-3H3. The van der Waals surface area contributed by atoms with E-state index < -0.39 is 11.9 Å². The van der Waals surface area contributed by atoms with Gasteiger partial charge in [0.1, 0.15) is 12.4 Å². The molecule has 1 aromatic carbocycles. The highest BCUT2D eigenvalue weighted by atomic mass is 16.6. The first-order valence-corrected chi connectivity index (χ1v) is 6.65. The van der Waals surface area contributed by atoms with Gasteiger partial charge in [0.05, 0.1) is 26.9 Å². The quantitative estimate of drug-likeness (QED) is 0.756. The SMILES string of the molecule is COC(=O)c1ccc(COC(=O)c2ccc(OC)c(OC)c2)o1. The Morgan fingerprint density at radius 2 is 1.70 bits per heavy atom. The number of carbonyl (C=O) groups excluding carboxylic acids is 2. The van der Waals surface area contributed by atoms with E-state index >= 15 is 0 Å². The number of furan rings is 1. The van der Waals surface area contributed by atoms with Crippen molar-refractivity contribution in [2.75, 3.05) is 21.3 Å². The second-order valence-electron chi connectivity index (χ2n) is 4.40. The van der Waals surface area contributed by atoms with Crippen LogP contribution in [0.1, 0.15) is 26.7 Å². The van der Waals surface area contributed by atoms with E-state index in [9.17, 15) is 9.59 Å². The first-order valence-electron chi connectivity index (χ1n) is 6.65. The van der Waals surface area contributed by atoms with Crippen molar-refractivity contribution in [3.05, 3.63) is 47.4 Å². The summed E-state index contributed by atoms with van der Waals surface area (Å²) in [7, 11) is 4.23. The maximum absolute atomic E-state index is 12.0. The molecule has 0 fully saturated rings. The Balaban J connectivity index is 2.02. The Morgan fingerprint density at radius 1 is 0.957 bits per heavy atom. The normalized spacial score (nSPS) is 10.0. The molecule has 0 spiro atoms. The van der Waals surface area contributed by atoms with Crippen LogP contribution in [0.5, 0.6) is 11.5 Å². The highest BCUT2D eigenvalue weighted by Crippen LogP contribution is 2.27. The summed E-state index contributed by atoms with van der Waals surface area (Å²) >= 11 is 0. The third-order valence-corrected chi connectivity index (χ3v) is 3.01. The van der Waals surface area contributed by atoms with Gasteiger partial charge < -0.3 is 23.4 Å². The molecule has 2 rings (SSSR count). The third-order valence-electron chi connectivity index (χ3n) is 3.01. The predicted octanol–water partition coefficient (Wildman–Crippen LogP) is 2.44. The Kier molecular flexibility index (Phi) is 5.24. The van der Waals surface area contributed by atoms with E-state index in [-0.39, 0.29) is 12.4 Å². The first kappa shape index (κ1) is 16.4. The van der Waals surface area contributed by atoms with Crippen LogP contribution in [0, 0.1) is 0 Å². The zero-order valence-corrected chi connectivity index (χ0v) is 13.0. The fraction of sp³-hybridized carbons (Fsp3) is 0.250. The lowest BCUT2D eigenvalue weighted by atomic mass is 10.2. The fourth-order valence-electron chi connectivity index (χ4n) is 1.85. The van der Waals surface area contributed by atoms with Gasteiger partial charge in [-0.15, -0.1) is 0 Å². The van der Waals surface area contributed by atoms with Crippen molar-refractivity contribution >= 4 is 11.9 Å². The van der Waals surface area contributed by atoms with Crippen LogP contribution in [0.25, 0.3) is 0 Å². The average molecular weight is 320 g/mol. The minimum Gasteiger partial charge on any atom is -0.493 e. The van der Waals surface area contributed by atoms with Gasteiger partial charge in [0.25, 0.3) is 0 Å². The zero-order chi connectivity index (χ0) is 16.8. The molecule has 0 aliphatic rings. The van der Waals surface area contributed by atoms with E-state index in [4.69, 9.17) is 18.6 Å². The van der Waals surface area contributed by atoms with Gasteiger partial charge >= 0.3 is 11.9 Å². The second kappa shape index (κ2) is 7.35. The second-order valence-corrected chi connectivity index (χ2v) is 4.40. The molecule has 1 aromatic heterocycles. The summed E-state index contributed by atoms with van der Waals surface area (Å²) < 4.78 is 25.1. The van der Waals surface area contributed by atoms with E-state index in [1.54, 1.807) is 12.1 Å². The topological polar surface area (TPSA) is 84.2 Å². The van der Waals surface area contributed by atoms with E-state index in [1.165, 1.54) is 39.5 Å². The maximum Gasteiger partial charge on any atom is 0.373 e. The largest absolute Gasteiger partial charge is 0.493 e. The lowest BCUT2D eigenvalue weighted by Gasteiger charge is -2.09. The molecule has 1 heterocycles. The van der Waals surface area contributed by atoms with Crippen LogP contribution in [0.2, 0.25) is 0 Å². The van der Waals surface area contributed by atoms with Crippen molar-refractivity contribution < 1.29 is 33.0 Å². The van der Waals surface area contributed by atoms with Gasteiger partial charge in [0.2, 0.25) is 5.76 Å². The van der Waals surface area contributed by atoms with Crippen LogP contribution in [0.15, 0.2) is 34.7 Å². The van der Waals surface area contributed by atoms with Gasteiger partial charge in [0.15, 0.2) is 11.5 Å². The van der Waals surface area contributed by atoms with Crippen LogP contribution >= 0.6 is 0 Å². The van der Waals surface area contributed by atoms with Gasteiger partial charge in [-0.3, -0.25) is 0 Å². The molecule has 122 valence electrons. The molecule has 0 radical (unpaired) electrons. The summed E-state index contributed by atoms with van der Waals surface area (Å²) in [4.78, 5) is 23.3. The highest BCUT2D eigenvalue weighted by Gasteiger charge is 2.15. The number of esters is 2. The van der Waals surface area contributed by atoms with E-state index in [0.717, 1.165) is 0 Å². The Morgan fingerprint density at radius 3 is 2.35 bits per heavy atom. The van der Waals surface area contributed by atoms with Crippen molar-refractivity contribution in [2.45, 2.75) is 6.61 Å². The zero-order valence-electron chi connectivity index (χ0n) is 13.0. The Labute approximate surface area is 132 Å².